The van der Waals surface area contributed by atoms with Crippen LogP contribution in [0, 0.1) is 13.8 Å². The summed E-state index contributed by atoms with van der Waals surface area (Å²) in [6.07, 6.45) is 5.19. The van der Waals surface area contributed by atoms with Gasteiger partial charge in [0.1, 0.15) is 11.6 Å². The van der Waals surface area contributed by atoms with Crippen molar-refractivity contribution in [1.82, 2.24) is 9.97 Å². The monoisotopic (exact) mass is 305 g/mol. The summed E-state index contributed by atoms with van der Waals surface area (Å²) < 4.78 is 5.41. The molecule has 0 unspecified atom stereocenters. The molecule has 2 N–H and O–H groups in total. The first kappa shape index (κ1) is 13.6. The molecule has 0 fully saturated rings. The molecule has 0 aromatic carbocycles. The molecular weight excluding hydrogens is 290 g/mol. The average molecular weight is 305 g/mol. The van der Waals surface area contributed by atoms with E-state index in [4.69, 9.17) is 4.42 Å². The number of nitrogens with zero attached hydrogens (tertiary/aromatic N) is 1. The standard InChI is InChI=1S/C18H15N3O2/c1-10-6-11(2)20-15(10)8-14-13-7-12(16-4-3-5-23-16)9-19-17(13)21-18(14)22/h3-9,20H,1-2H3,(H,19,21,22). The lowest BCUT2D eigenvalue weighted by atomic mass is 10.0. The van der Waals surface area contributed by atoms with Gasteiger partial charge in [-0.15, -0.1) is 0 Å². The number of fused-ring (bicyclic) bond motifs is 1. The molecule has 1 aliphatic heterocycles. The molecule has 1 aliphatic rings. The van der Waals surface area contributed by atoms with Crippen LogP contribution in [0.3, 0.4) is 0 Å². The number of hydrogen-bond acceptors (Lipinski definition) is 3. The highest BCUT2D eigenvalue weighted by Crippen LogP contribution is 2.34. The maximum atomic E-state index is 12.3. The minimum atomic E-state index is -0.143. The van der Waals surface area contributed by atoms with Crippen molar-refractivity contribution in [3.63, 3.8) is 0 Å². The summed E-state index contributed by atoms with van der Waals surface area (Å²) in [7, 11) is 0. The van der Waals surface area contributed by atoms with E-state index >= 15 is 0 Å². The van der Waals surface area contributed by atoms with Crippen LogP contribution in [-0.2, 0) is 4.79 Å². The lowest BCUT2D eigenvalue weighted by molar-refractivity contribution is -0.110. The molecule has 23 heavy (non-hydrogen) atoms. The molecule has 0 atom stereocenters. The summed E-state index contributed by atoms with van der Waals surface area (Å²) in [6, 6.07) is 7.68. The predicted octanol–water partition coefficient (Wildman–Crippen LogP) is 3.78. The van der Waals surface area contributed by atoms with E-state index < -0.39 is 0 Å². The number of carbonyl (C=O) groups excluding carboxylic acids is 1. The number of aromatic amines is 1. The molecule has 0 radical (unpaired) electrons. The van der Waals surface area contributed by atoms with Gasteiger partial charge in [-0.3, -0.25) is 4.79 Å². The van der Waals surface area contributed by atoms with Gasteiger partial charge in [0.15, 0.2) is 0 Å². The third kappa shape index (κ3) is 2.26. The fourth-order valence-corrected chi connectivity index (χ4v) is 2.83. The zero-order chi connectivity index (χ0) is 16.0. The Balaban J connectivity index is 1.83. The summed E-state index contributed by atoms with van der Waals surface area (Å²) in [4.78, 5) is 19.9. The summed E-state index contributed by atoms with van der Waals surface area (Å²) >= 11 is 0. The maximum Gasteiger partial charge on any atom is 0.257 e. The Morgan fingerprint density at radius 2 is 2.13 bits per heavy atom. The number of rotatable bonds is 2. The molecule has 0 spiro atoms. The van der Waals surface area contributed by atoms with Crippen molar-refractivity contribution in [3.8, 4) is 11.3 Å². The molecule has 114 valence electrons. The van der Waals surface area contributed by atoms with Crippen molar-refractivity contribution in [1.29, 1.82) is 0 Å². The highest BCUT2D eigenvalue weighted by atomic mass is 16.3. The number of H-pyrrole nitrogens is 1. The zero-order valence-electron chi connectivity index (χ0n) is 12.8. The van der Waals surface area contributed by atoms with Crippen LogP contribution in [0.15, 0.2) is 41.1 Å². The van der Waals surface area contributed by atoms with E-state index in [1.165, 1.54) is 0 Å². The Morgan fingerprint density at radius 3 is 2.83 bits per heavy atom. The molecule has 5 heteroatoms. The van der Waals surface area contributed by atoms with Crippen molar-refractivity contribution in [2.75, 3.05) is 5.32 Å². The number of furan rings is 1. The molecule has 1 amide bonds. The first-order valence-corrected chi connectivity index (χ1v) is 7.35. The number of pyridine rings is 1. The van der Waals surface area contributed by atoms with Gasteiger partial charge in [-0.1, -0.05) is 0 Å². The molecule has 0 saturated carbocycles. The largest absolute Gasteiger partial charge is 0.464 e. The van der Waals surface area contributed by atoms with Gasteiger partial charge in [0.2, 0.25) is 0 Å². The van der Waals surface area contributed by atoms with Crippen LogP contribution in [0.1, 0.15) is 22.5 Å². The zero-order valence-corrected chi connectivity index (χ0v) is 12.8. The summed E-state index contributed by atoms with van der Waals surface area (Å²) in [5.74, 6) is 1.17. The summed E-state index contributed by atoms with van der Waals surface area (Å²) in [5.41, 5.74) is 5.34. The Hall–Kier alpha value is -3.08. The van der Waals surface area contributed by atoms with Gasteiger partial charge in [-0.25, -0.2) is 4.98 Å². The summed E-state index contributed by atoms with van der Waals surface area (Å²) in [5, 5.41) is 2.80. The molecular formula is C18H15N3O2. The second-order valence-corrected chi connectivity index (χ2v) is 5.66. The molecule has 0 aliphatic carbocycles. The van der Waals surface area contributed by atoms with E-state index in [2.05, 4.69) is 21.4 Å². The molecule has 4 heterocycles. The number of amides is 1. The fourth-order valence-electron chi connectivity index (χ4n) is 2.83. The van der Waals surface area contributed by atoms with Crippen LogP contribution < -0.4 is 5.32 Å². The molecule has 3 aromatic rings. The number of aryl methyl sites for hydroxylation is 2. The highest BCUT2D eigenvalue weighted by molar-refractivity contribution is 6.34. The van der Waals surface area contributed by atoms with Gasteiger partial charge in [-0.05, 0) is 49.8 Å². The average Bonchev–Trinajstić information content (AvgIpc) is 3.21. The summed E-state index contributed by atoms with van der Waals surface area (Å²) in [6.45, 7) is 4.01. The number of carbonyl (C=O) groups is 1. The first-order valence-electron chi connectivity index (χ1n) is 7.35. The Bertz CT molecular complexity index is 933. The van der Waals surface area contributed by atoms with Crippen LogP contribution >= 0.6 is 0 Å². The maximum absolute atomic E-state index is 12.3. The quantitative estimate of drug-likeness (QED) is 0.708. The third-order valence-corrected chi connectivity index (χ3v) is 3.94. The molecule has 0 saturated heterocycles. The minimum absolute atomic E-state index is 0.143. The number of hydrogen-bond donors (Lipinski definition) is 2. The Kier molecular flexibility index (Phi) is 2.94. The van der Waals surface area contributed by atoms with E-state index in [0.717, 1.165) is 33.8 Å². The van der Waals surface area contributed by atoms with Crippen LogP contribution in [-0.4, -0.2) is 15.9 Å². The first-order chi connectivity index (χ1) is 11.1. The topological polar surface area (TPSA) is 70.9 Å². The molecule has 4 rings (SSSR count). The highest BCUT2D eigenvalue weighted by Gasteiger charge is 2.26. The van der Waals surface area contributed by atoms with Gasteiger partial charge in [-0.2, -0.15) is 0 Å². The van der Waals surface area contributed by atoms with E-state index in [1.807, 2.05) is 38.1 Å². The van der Waals surface area contributed by atoms with Crippen molar-refractivity contribution in [2.24, 2.45) is 0 Å². The van der Waals surface area contributed by atoms with Crippen molar-refractivity contribution < 1.29 is 9.21 Å². The van der Waals surface area contributed by atoms with Crippen LogP contribution in [0.25, 0.3) is 23.0 Å². The van der Waals surface area contributed by atoms with Gasteiger partial charge in [0.25, 0.3) is 5.91 Å². The third-order valence-electron chi connectivity index (χ3n) is 3.94. The molecule has 5 nitrogen and oxygen atoms in total. The predicted molar refractivity (Wildman–Crippen MR) is 88.7 cm³/mol. The fraction of sp³-hybridized carbons (Fsp3) is 0.111. The van der Waals surface area contributed by atoms with Gasteiger partial charge in [0.05, 0.1) is 11.8 Å². The number of nitrogens with one attached hydrogen (secondary N) is 2. The minimum Gasteiger partial charge on any atom is -0.464 e. The van der Waals surface area contributed by atoms with Crippen LogP contribution in [0.5, 0.6) is 0 Å². The van der Waals surface area contributed by atoms with Gasteiger partial charge < -0.3 is 14.7 Å². The second-order valence-electron chi connectivity index (χ2n) is 5.66. The SMILES string of the molecule is Cc1cc(C)c(C=C2C(=O)Nc3ncc(-c4ccco4)cc32)[nH]1. The van der Waals surface area contributed by atoms with Crippen molar-refractivity contribution in [3.05, 3.63) is 59.2 Å². The Morgan fingerprint density at radius 1 is 1.26 bits per heavy atom. The molecule has 0 bridgehead atoms. The molecule has 3 aromatic heterocycles. The van der Waals surface area contributed by atoms with E-state index in [0.29, 0.717) is 11.4 Å². The smallest absolute Gasteiger partial charge is 0.257 e. The second kappa shape index (κ2) is 4.98. The van der Waals surface area contributed by atoms with Crippen molar-refractivity contribution >= 4 is 23.4 Å². The van der Waals surface area contributed by atoms with Gasteiger partial charge >= 0.3 is 0 Å². The Labute approximate surface area is 133 Å². The number of anilines is 1. The lowest BCUT2D eigenvalue weighted by Crippen LogP contribution is -2.04. The van der Waals surface area contributed by atoms with Crippen molar-refractivity contribution in [2.45, 2.75) is 13.8 Å². The lowest BCUT2D eigenvalue weighted by Gasteiger charge is -2.01. The van der Waals surface area contributed by atoms with Crippen LogP contribution in [0.2, 0.25) is 0 Å². The van der Waals surface area contributed by atoms with E-state index in [-0.39, 0.29) is 5.91 Å². The van der Waals surface area contributed by atoms with E-state index in [1.54, 1.807) is 12.5 Å². The van der Waals surface area contributed by atoms with E-state index in [9.17, 15) is 4.79 Å². The number of aromatic nitrogens is 2. The normalized spacial score (nSPS) is 15.0. The van der Waals surface area contributed by atoms with Gasteiger partial charge in [0, 0.05) is 28.7 Å². The van der Waals surface area contributed by atoms with Crippen LogP contribution in [0.4, 0.5) is 5.82 Å².